The van der Waals surface area contributed by atoms with Gasteiger partial charge in [0.15, 0.2) is 5.82 Å². The molecule has 1 aromatic heterocycles. The summed E-state index contributed by atoms with van der Waals surface area (Å²) in [5.74, 6) is 1.49. The maximum atomic E-state index is 5.97. The normalized spacial score (nSPS) is 17.3. The topological polar surface area (TPSA) is 64.9 Å². The van der Waals surface area contributed by atoms with Crippen LogP contribution in [-0.2, 0) is 11.8 Å². The van der Waals surface area contributed by atoms with Gasteiger partial charge < -0.3 is 10.3 Å². The quantitative estimate of drug-likeness (QED) is 0.937. The Balaban J connectivity index is 1.80. The molecule has 3 rings (SSSR count). The molecule has 112 valence electrons. The van der Waals surface area contributed by atoms with Gasteiger partial charge in [-0.3, -0.25) is 0 Å². The number of rotatable bonds is 4. The molecule has 2 N–H and O–H groups in total. The van der Waals surface area contributed by atoms with Crippen LogP contribution in [0.1, 0.15) is 54.1 Å². The highest BCUT2D eigenvalue weighted by atomic mass is 16.5. The summed E-state index contributed by atoms with van der Waals surface area (Å²) in [6.45, 7) is 4.84. The van der Waals surface area contributed by atoms with Crippen LogP contribution < -0.4 is 5.73 Å². The minimum absolute atomic E-state index is 0.0750. The second-order valence-corrected chi connectivity index (χ2v) is 6.30. The van der Waals surface area contributed by atoms with E-state index >= 15 is 0 Å². The molecule has 0 spiro atoms. The molecular weight excluding hydrogens is 262 g/mol. The van der Waals surface area contributed by atoms with Gasteiger partial charge in [0.1, 0.15) is 0 Å². The number of benzene rings is 1. The van der Waals surface area contributed by atoms with Crippen LogP contribution in [0.2, 0.25) is 0 Å². The standard InChI is InChI=1S/C17H23N3O/c1-12-5-6-14(9-13(12)2)10-15-19-16(21-20-15)17(11-18)7-3-4-8-17/h5-6,9H,3-4,7-8,10-11,18H2,1-2H3. The molecule has 4 heteroatoms. The van der Waals surface area contributed by atoms with Crippen molar-refractivity contribution in [3.8, 4) is 0 Å². The first-order valence-electron chi connectivity index (χ1n) is 7.72. The highest BCUT2D eigenvalue weighted by Gasteiger charge is 2.39. The van der Waals surface area contributed by atoms with E-state index in [0.717, 1.165) is 24.6 Å². The average Bonchev–Trinajstić information content (AvgIpc) is 3.12. The van der Waals surface area contributed by atoms with Gasteiger partial charge in [-0.05, 0) is 43.4 Å². The Morgan fingerprint density at radius 2 is 1.95 bits per heavy atom. The van der Waals surface area contributed by atoms with Gasteiger partial charge in [0.2, 0.25) is 5.89 Å². The minimum Gasteiger partial charge on any atom is -0.339 e. The molecule has 0 radical (unpaired) electrons. The zero-order chi connectivity index (χ0) is 14.9. The van der Waals surface area contributed by atoms with Gasteiger partial charge in [0.05, 0.1) is 5.41 Å². The van der Waals surface area contributed by atoms with E-state index < -0.39 is 0 Å². The Bertz CT molecular complexity index is 627. The fourth-order valence-corrected chi connectivity index (χ4v) is 3.19. The fourth-order valence-electron chi connectivity index (χ4n) is 3.19. The largest absolute Gasteiger partial charge is 0.339 e. The Morgan fingerprint density at radius 3 is 2.62 bits per heavy atom. The third kappa shape index (κ3) is 2.72. The van der Waals surface area contributed by atoms with Gasteiger partial charge in [0.25, 0.3) is 0 Å². The van der Waals surface area contributed by atoms with Crippen molar-refractivity contribution in [2.45, 2.75) is 51.4 Å². The number of aromatic nitrogens is 2. The number of nitrogens with zero attached hydrogens (tertiary/aromatic N) is 2. The Kier molecular flexibility index (Phi) is 3.81. The Labute approximate surface area is 125 Å². The van der Waals surface area contributed by atoms with Crippen LogP contribution in [0.3, 0.4) is 0 Å². The first-order chi connectivity index (χ1) is 10.1. The molecule has 2 aromatic rings. The van der Waals surface area contributed by atoms with Crippen LogP contribution in [0.5, 0.6) is 0 Å². The van der Waals surface area contributed by atoms with Gasteiger partial charge in [0, 0.05) is 13.0 Å². The summed E-state index contributed by atoms with van der Waals surface area (Å²) in [5, 5.41) is 4.16. The van der Waals surface area contributed by atoms with Crippen molar-refractivity contribution in [3.63, 3.8) is 0 Å². The number of nitrogens with two attached hydrogens (primary N) is 1. The SMILES string of the molecule is Cc1ccc(Cc2noc(C3(CN)CCCC3)n2)cc1C. The van der Waals surface area contributed by atoms with Crippen molar-refractivity contribution >= 4 is 0 Å². The summed E-state index contributed by atoms with van der Waals surface area (Å²) in [7, 11) is 0. The lowest BCUT2D eigenvalue weighted by Gasteiger charge is -2.21. The second-order valence-electron chi connectivity index (χ2n) is 6.30. The zero-order valence-corrected chi connectivity index (χ0v) is 12.9. The molecule has 0 amide bonds. The summed E-state index contributed by atoms with van der Waals surface area (Å²) in [5.41, 5.74) is 9.72. The molecule has 0 unspecified atom stereocenters. The van der Waals surface area contributed by atoms with Gasteiger partial charge in [-0.25, -0.2) is 0 Å². The van der Waals surface area contributed by atoms with Gasteiger partial charge in [-0.15, -0.1) is 0 Å². The summed E-state index contributed by atoms with van der Waals surface area (Å²) in [6, 6.07) is 6.47. The van der Waals surface area contributed by atoms with E-state index in [1.165, 1.54) is 29.5 Å². The Morgan fingerprint density at radius 1 is 1.19 bits per heavy atom. The molecule has 1 saturated carbocycles. The molecule has 0 saturated heterocycles. The van der Waals surface area contributed by atoms with Crippen molar-refractivity contribution in [2.24, 2.45) is 5.73 Å². The van der Waals surface area contributed by atoms with E-state index in [4.69, 9.17) is 10.3 Å². The van der Waals surface area contributed by atoms with E-state index in [0.29, 0.717) is 13.0 Å². The monoisotopic (exact) mass is 285 g/mol. The maximum absolute atomic E-state index is 5.97. The van der Waals surface area contributed by atoms with Gasteiger partial charge in [-0.1, -0.05) is 36.2 Å². The predicted molar refractivity (Wildman–Crippen MR) is 82.2 cm³/mol. The van der Waals surface area contributed by atoms with E-state index in [1.54, 1.807) is 0 Å². The first-order valence-corrected chi connectivity index (χ1v) is 7.72. The van der Waals surface area contributed by atoms with E-state index in [9.17, 15) is 0 Å². The molecule has 1 aliphatic carbocycles. The summed E-state index contributed by atoms with van der Waals surface area (Å²) in [4.78, 5) is 4.62. The molecule has 1 aromatic carbocycles. The molecule has 21 heavy (non-hydrogen) atoms. The fraction of sp³-hybridized carbons (Fsp3) is 0.529. The van der Waals surface area contributed by atoms with E-state index in [2.05, 4.69) is 42.2 Å². The first kappa shape index (κ1) is 14.3. The molecule has 1 heterocycles. The van der Waals surface area contributed by atoms with Crippen molar-refractivity contribution in [3.05, 3.63) is 46.6 Å². The molecular formula is C17H23N3O. The van der Waals surface area contributed by atoms with Crippen LogP contribution in [-0.4, -0.2) is 16.7 Å². The lowest BCUT2D eigenvalue weighted by molar-refractivity contribution is 0.283. The van der Waals surface area contributed by atoms with Crippen molar-refractivity contribution in [1.29, 1.82) is 0 Å². The van der Waals surface area contributed by atoms with Crippen LogP contribution in [0.4, 0.5) is 0 Å². The van der Waals surface area contributed by atoms with Crippen molar-refractivity contribution < 1.29 is 4.52 Å². The Hall–Kier alpha value is -1.68. The lowest BCUT2D eigenvalue weighted by Crippen LogP contribution is -2.32. The van der Waals surface area contributed by atoms with Crippen molar-refractivity contribution in [2.75, 3.05) is 6.54 Å². The summed E-state index contributed by atoms with van der Waals surface area (Å²) >= 11 is 0. The average molecular weight is 285 g/mol. The summed E-state index contributed by atoms with van der Waals surface area (Å²) < 4.78 is 5.53. The highest BCUT2D eigenvalue weighted by Crippen LogP contribution is 2.39. The second kappa shape index (κ2) is 5.60. The molecule has 1 fully saturated rings. The van der Waals surface area contributed by atoms with Gasteiger partial charge in [-0.2, -0.15) is 4.98 Å². The van der Waals surface area contributed by atoms with Crippen LogP contribution >= 0.6 is 0 Å². The minimum atomic E-state index is -0.0750. The lowest BCUT2D eigenvalue weighted by atomic mass is 9.86. The third-order valence-corrected chi connectivity index (χ3v) is 4.81. The smallest absolute Gasteiger partial charge is 0.234 e. The van der Waals surface area contributed by atoms with Crippen LogP contribution in [0.15, 0.2) is 22.7 Å². The summed E-state index contributed by atoms with van der Waals surface area (Å²) in [6.07, 6.45) is 5.24. The molecule has 4 nitrogen and oxygen atoms in total. The molecule has 1 aliphatic rings. The molecule has 0 bridgehead atoms. The molecule has 0 atom stereocenters. The highest BCUT2D eigenvalue weighted by molar-refractivity contribution is 5.31. The maximum Gasteiger partial charge on any atom is 0.234 e. The van der Waals surface area contributed by atoms with E-state index in [-0.39, 0.29) is 5.41 Å². The third-order valence-electron chi connectivity index (χ3n) is 4.81. The van der Waals surface area contributed by atoms with Crippen LogP contribution in [0.25, 0.3) is 0 Å². The molecule has 0 aliphatic heterocycles. The van der Waals surface area contributed by atoms with Crippen LogP contribution in [0, 0.1) is 13.8 Å². The zero-order valence-electron chi connectivity index (χ0n) is 12.9. The number of hydrogen-bond acceptors (Lipinski definition) is 4. The van der Waals surface area contributed by atoms with Gasteiger partial charge >= 0.3 is 0 Å². The van der Waals surface area contributed by atoms with Crippen molar-refractivity contribution in [1.82, 2.24) is 10.1 Å². The predicted octanol–water partition coefficient (Wildman–Crippen LogP) is 3.05. The van der Waals surface area contributed by atoms with E-state index in [1.807, 2.05) is 0 Å². The number of hydrogen-bond donors (Lipinski definition) is 1. The number of aryl methyl sites for hydroxylation is 2.